The molecule has 2 heterocycles. The average Bonchev–Trinajstić information content (AvgIpc) is 3.11. The van der Waals surface area contributed by atoms with Crippen LogP contribution < -0.4 is 5.73 Å². The quantitative estimate of drug-likeness (QED) is 0.712. The third-order valence-corrected chi connectivity index (χ3v) is 5.89. The number of nitrogens with zero attached hydrogens (tertiary/aromatic N) is 2. The minimum Gasteiger partial charge on any atom is -0.368 e. The highest BCUT2D eigenvalue weighted by molar-refractivity contribution is 5.80. The zero-order chi connectivity index (χ0) is 19.5. The first-order valence-corrected chi connectivity index (χ1v) is 9.92. The second-order valence-electron chi connectivity index (χ2n) is 7.75. The van der Waals surface area contributed by atoms with Crippen LogP contribution in [0.5, 0.6) is 0 Å². The molecule has 3 aromatic rings. The van der Waals surface area contributed by atoms with Gasteiger partial charge in [-0.2, -0.15) is 0 Å². The lowest BCUT2D eigenvalue weighted by atomic mass is 9.90. The lowest BCUT2D eigenvalue weighted by Gasteiger charge is -2.38. The molecular formula is C23H26FN3O. The lowest BCUT2D eigenvalue weighted by Crippen LogP contribution is -2.50. The first kappa shape index (κ1) is 18.7. The number of carbonyl (C=O) groups is 1. The molecule has 2 N–H and O–H groups in total. The minimum atomic E-state index is -0.249. The predicted octanol–water partition coefficient (Wildman–Crippen LogP) is 3.59. The molecule has 28 heavy (non-hydrogen) atoms. The van der Waals surface area contributed by atoms with Crippen molar-refractivity contribution in [3.05, 3.63) is 72.2 Å². The fourth-order valence-corrected chi connectivity index (χ4v) is 4.32. The number of primary amides is 1. The number of piperidine rings is 1. The number of benzene rings is 2. The topological polar surface area (TPSA) is 51.3 Å². The summed E-state index contributed by atoms with van der Waals surface area (Å²) in [5, 5.41) is 1.24. The first-order valence-electron chi connectivity index (χ1n) is 9.92. The number of aromatic nitrogens is 1. The van der Waals surface area contributed by atoms with E-state index < -0.39 is 0 Å². The van der Waals surface area contributed by atoms with Gasteiger partial charge in [0.05, 0.1) is 6.04 Å². The highest BCUT2D eigenvalue weighted by atomic mass is 19.1. The van der Waals surface area contributed by atoms with Crippen molar-refractivity contribution >= 4 is 16.8 Å². The Bertz CT molecular complexity index is 950. The number of carbonyl (C=O) groups excluding carboxylic acids is 1. The molecule has 1 aliphatic rings. The Morgan fingerprint density at radius 2 is 1.89 bits per heavy atom. The van der Waals surface area contributed by atoms with Gasteiger partial charge in [0.15, 0.2) is 0 Å². The Morgan fingerprint density at radius 1 is 1.11 bits per heavy atom. The third kappa shape index (κ3) is 4.09. The molecule has 1 fully saturated rings. The molecular weight excluding hydrogens is 353 g/mol. The number of nitrogens with two attached hydrogens (primary N) is 1. The standard InChI is InChI=1S/C23H26FN3O/c24-20-7-5-17(6-8-20)9-12-26-13-10-18(15-22(26)23(25)28)16-27-14-11-19-3-1-2-4-21(19)27/h1-8,11,14,18,22H,9-10,12-13,15-16H2,(H2,25,28). The molecule has 0 radical (unpaired) electrons. The van der Waals surface area contributed by atoms with E-state index in [1.807, 2.05) is 0 Å². The average molecular weight is 379 g/mol. The van der Waals surface area contributed by atoms with E-state index in [0.717, 1.165) is 44.5 Å². The number of rotatable bonds is 6. The van der Waals surface area contributed by atoms with Crippen molar-refractivity contribution in [3.63, 3.8) is 0 Å². The Kier molecular flexibility index (Phi) is 5.44. The molecule has 2 atom stereocenters. The summed E-state index contributed by atoms with van der Waals surface area (Å²) in [4.78, 5) is 14.3. The molecule has 1 amide bonds. The summed E-state index contributed by atoms with van der Waals surface area (Å²) in [5.74, 6) is -0.0475. The maximum atomic E-state index is 13.1. The van der Waals surface area contributed by atoms with E-state index in [2.05, 4.69) is 46.0 Å². The number of hydrogen-bond acceptors (Lipinski definition) is 2. The van der Waals surface area contributed by atoms with Gasteiger partial charge in [0.1, 0.15) is 5.82 Å². The normalized spacial score (nSPS) is 20.5. The van der Waals surface area contributed by atoms with Crippen LogP contribution in [0, 0.1) is 11.7 Å². The van der Waals surface area contributed by atoms with E-state index in [-0.39, 0.29) is 17.8 Å². The Labute approximate surface area is 164 Å². The van der Waals surface area contributed by atoms with E-state index in [4.69, 9.17) is 5.73 Å². The van der Waals surface area contributed by atoms with Crippen LogP contribution in [-0.4, -0.2) is 34.5 Å². The van der Waals surface area contributed by atoms with E-state index in [1.54, 1.807) is 12.1 Å². The van der Waals surface area contributed by atoms with E-state index in [9.17, 15) is 9.18 Å². The van der Waals surface area contributed by atoms with Crippen molar-refractivity contribution in [3.8, 4) is 0 Å². The molecule has 0 bridgehead atoms. The number of fused-ring (bicyclic) bond motifs is 1. The van der Waals surface area contributed by atoms with Gasteiger partial charge in [-0.1, -0.05) is 30.3 Å². The second kappa shape index (κ2) is 8.15. The van der Waals surface area contributed by atoms with Crippen LogP contribution >= 0.6 is 0 Å². The summed E-state index contributed by atoms with van der Waals surface area (Å²) in [6.07, 6.45) is 4.74. The van der Waals surface area contributed by atoms with E-state index >= 15 is 0 Å². The number of hydrogen-bond donors (Lipinski definition) is 1. The monoisotopic (exact) mass is 379 g/mol. The number of para-hydroxylation sites is 1. The van der Waals surface area contributed by atoms with Gasteiger partial charge >= 0.3 is 0 Å². The fraction of sp³-hybridized carbons (Fsp3) is 0.348. The largest absolute Gasteiger partial charge is 0.368 e. The fourth-order valence-electron chi connectivity index (χ4n) is 4.32. The minimum absolute atomic E-state index is 0.225. The van der Waals surface area contributed by atoms with Gasteiger partial charge in [-0.3, -0.25) is 9.69 Å². The molecule has 0 saturated carbocycles. The van der Waals surface area contributed by atoms with Gasteiger partial charge in [0.25, 0.3) is 0 Å². The van der Waals surface area contributed by atoms with Crippen molar-refractivity contribution in [2.75, 3.05) is 13.1 Å². The SMILES string of the molecule is NC(=O)C1CC(Cn2ccc3ccccc32)CCN1CCc1ccc(F)cc1. The van der Waals surface area contributed by atoms with Crippen molar-refractivity contribution in [1.29, 1.82) is 0 Å². The maximum Gasteiger partial charge on any atom is 0.234 e. The van der Waals surface area contributed by atoms with E-state index in [1.165, 1.54) is 23.0 Å². The second-order valence-corrected chi connectivity index (χ2v) is 7.75. The Balaban J connectivity index is 1.40. The van der Waals surface area contributed by atoms with Gasteiger partial charge in [0, 0.05) is 24.8 Å². The summed E-state index contributed by atoms with van der Waals surface area (Å²) in [7, 11) is 0. The molecule has 1 aromatic heterocycles. The molecule has 1 aliphatic heterocycles. The van der Waals surface area contributed by atoms with Crippen LogP contribution in [0.4, 0.5) is 4.39 Å². The maximum absolute atomic E-state index is 13.1. The van der Waals surface area contributed by atoms with Crippen molar-refractivity contribution in [2.45, 2.75) is 31.8 Å². The Hall–Kier alpha value is -2.66. The van der Waals surface area contributed by atoms with Gasteiger partial charge in [-0.05, 0) is 66.9 Å². The Morgan fingerprint density at radius 3 is 2.68 bits per heavy atom. The summed E-state index contributed by atoms with van der Waals surface area (Å²) in [5.41, 5.74) is 8.04. The van der Waals surface area contributed by atoms with Crippen molar-refractivity contribution in [2.24, 2.45) is 11.7 Å². The third-order valence-electron chi connectivity index (χ3n) is 5.89. The number of halogens is 1. The van der Waals surface area contributed by atoms with Gasteiger partial charge in [0.2, 0.25) is 5.91 Å². The molecule has 2 unspecified atom stereocenters. The van der Waals surface area contributed by atoms with Crippen LogP contribution in [0.2, 0.25) is 0 Å². The highest BCUT2D eigenvalue weighted by Gasteiger charge is 2.32. The predicted molar refractivity (Wildman–Crippen MR) is 109 cm³/mol. The summed E-state index contributed by atoms with van der Waals surface area (Å²) in [6, 6.07) is 16.8. The molecule has 4 rings (SSSR count). The van der Waals surface area contributed by atoms with Crippen LogP contribution in [0.3, 0.4) is 0 Å². The van der Waals surface area contributed by atoms with E-state index in [0.29, 0.717) is 5.92 Å². The van der Waals surface area contributed by atoms with Gasteiger partial charge in [-0.25, -0.2) is 4.39 Å². The molecule has 1 saturated heterocycles. The molecule has 0 aliphatic carbocycles. The molecule has 146 valence electrons. The van der Waals surface area contributed by atoms with Crippen molar-refractivity contribution in [1.82, 2.24) is 9.47 Å². The molecule has 4 nitrogen and oxygen atoms in total. The summed E-state index contributed by atoms with van der Waals surface area (Å²) < 4.78 is 15.4. The number of likely N-dealkylation sites (tertiary alicyclic amines) is 1. The highest BCUT2D eigenvalue weighted by Crippen LogP contribution is 2.26. The van der Waals surface area contributed by atoms with Crippen LogP contribution in [-0.2, 0) is 17.8 Å². The zero-order valence-electron chi connectivity index (χ0n) is 15.9. The molecule has 5 heteroatoms. The van der Waals surface area contributed by atoms with Gasteiger partial charge in [-0.15, -0.1) is 0 Å². The lowest BCUT2D eigenvalue weighted by molar-refractivity contribution is -0.125. The molecule has 2 aromatic carbocycles. The number of amides is 1. The van der Waals surface area contributed by atoms with Crippen molar-refractivity contribution < 1.29 is 9.18 Å². The van der Waals surface area contributed by atoms with Gasteiger partial charge < -0.3 is 10.3 Å². The zero-order valence-corrected chi connectivity index (χ0v) is 15.9. The summed E-state index contributed by atoms with van der Waals surface area (Å²) >= 11 is 0. The van der Waals surface area contributed by atoms with Crippen LogP contribution in [0.25, 0.3) is 10.9 Å². The van der Waals surface area contributed by atoms with Crippen LogP contribution in [0.1, 0.15) is 18.4 Å². The summed E-state index contributed by atoms with van der Waals surface area (Å²) in [6.45, 7) is 2.53. The first-order chi connectivity index (χ1) is 13.6. The smallest absolute Gasteiger partial charge is 0.234 e. The van der Waals surface area contributed by atoms with Crippen LogP contribution in [0.15, 0.2) is 60.8 Å². The molecule has 0 spiro atoms.